The average molecular weight is 881 g/mol. The molecule has 2 saturated heterocycles. The number of nitrogens with zero attached hydrogens (tertiary/aromatic N) is 2. The van der Waals surface area contributed by atoms with Crippen molar-refractivity contribution < 1.29 is 43.2 Å². The van der Waals surface area contributed by atoms with E-state index >= 15 is 4.79 Å². The van der Waals surface area contributed by atoms with E-state index in [-0.39, 0.29) is 55.2 Å². The first kappa shape index (κ1) is 44.9. The number of benzene rings is 5. The predicted molar refractivity (Wildman–Crippen MR) is 248 cm³/mol. The smallest absolute Gasteiger partial charge is 0.264 e. The summed E-state index contributed by atoms with van der Waals surface area (Å²) in [5, 5.41) is 16.2. The predicted octanol–water partition coefficient (Wildman–Crippen LogP) is 7.96. The molecule has 0 aromatic heterocycles. The molecule has 3 aliphatic rings. The second kappa shape index (κ2) is 18.4. The molecule has 0 saturated carbocycles. The number of hydrogen-bond donors (Lipinski definition) is 3. The second-order valence-electron chi connectivity index (χ2n) is 17.6. The van der Waals surface area contributed by atoms with E-state index in [2.05, 4.69) is 24.5 Å². The number of fused-ring (bicyclic) bond motifs is 2. The van der Waals surface area contributed by atoms with Gasteiger partial charge in [0, 0.05) is 46.4 Å². The van der Waals surface area contributed by atoms with Gasteiger partial charge in [-0.25, -0.2) is 0 Å². The molecule has 5 aromatic rings. The number of likely N-dealkylation sites (tertiary alicyclic amines) is 1. The van der Waals surface area contributed by atoms with Gasteiger partial charge in [-0.2, -0.15) is 0 Å². The maximum atomic E-state index is 15.6. The molecule has 8 rings (SSSR count). The van der Waals surface area contributed by atoms with Gasteiger partial charge in [0.15, 0.2) is 5.60 Å². The Morgan fingerprint density at radius 2 is 1.31 bits per heavy atom. The Bertz CT molecular complexity index is 2540. The summed E-state index contributed by atoms with van der Waals surface area (Å²) in [6.07, 6.45) is 0.812. The number of carbonyl (C=O) groups excluding carboxylic acids is 4. The minimum Gasteiger partial charge on any atom is -0.497 e. The number of rotatable bonds is 14. The minimum atomic E-state index is -1.55. The molecule has 13 heteroatoms. The lowest BCUT2D eigenvalue weighted by Crippen LogP contribution is -2.46. The normalized spacial score (nSPS) is 21.3. The highest BCUT2D eigenvalue weighted by Gasteiger charge is 2.66. The van der Waals surface area contributed by atoms with E-state index in [0.717, 1.165) is 24.0 Å². The van der Waals surface area contributed by atoms with Crippen LogP contribution in [-0.4, -0.2) is 80.3 Å². The molecular formula is C52H56N4O9. The van der Waals surface area contributed by atoms with Crippen molar-refractivity contribution in [2.75, 3.05) is 50.0 Å². The first-order valence-corrected chi connectivity index (χ1v) is 22.0. The van der Waals surface area contributed by atoms with Gasteiger partial charge < -0.3 is 44.5 Å². The maximum absolute atomic E-state index is 15.6. The van der Waals surface area contributed by atoms with Crippen LogP contribution in [0, 0.1) is 11.8 Å². The van der Waals surface area contributed by atoms with Crippen molar-refractivity contribution in [1.29, 1.82) is 0 Å². The van der Waals surface area contributed by atoms with E-state index in [0.29, 0.717) is 57.5 Å². The van der Waals surface area contributed by atoms with Crippen molar-refractivity contribution >= 4 is 40.7 Å². The molecule has 0 bridgehead atoms. The van der Waals surface area contributed by atoms with Gasteiger partial charge in [-0.3, -0.25) is 19.2 Å². The molecule has 338 valence electrons. The first-order valence-electron chi connectivity index (χ1n) is 22.0. The van der Waals surface area contributed by atoms with Crippen LogP contribution in [0.3, 0.4) is 0 Å². The minimum absolute atomic E-state index is 0.00700. The maximum Gasteiger partial charge on any atom is 0.264 e. The molecule has 3 aliphatic heterocycles. The van der Waals surface area contributed by atoms with E-state index in [4.69, 9.17) is 18.9 Å². The Morgan fingerprint density at radius 1 is 0.769 bits per heavy atom. The van der Waals surface area contributed by atoms with Crippen molar-refractivity contribution in [3.8, 4) is 17.2 Å². The van der Waals surface area contributed by atoms with Crippen LogP contribution < -0.4 is 29.7 Å². The summed E-state index contributed by atoms with van der Waals surface area (Å²) in [5.41, 5.74) is 2.79. The molecule has 2 fully saturated rings. The molecule has 65 heavy (non-hydrogen) atoms. The zero-order chi connectivity index (χ0) is 46.0. The Balaban J connectivity index is 1.16. The summed E-state index contributed by atoms with van der Waals surface area (Å²) in [4.78, 5) is 60.1. The van der Waals surface area contributed by atoms with E-state index in [1.165, 1.54) is 0 Å². The Hall–Kier alpha value is -6.70. The molecule has 13 nitrogen and oxygen atoms in total. The van der Waals surface area contributed by atoms with Gasteiger partial charge in [-0.15, -0.1) is 0 Å². The summed E-state index contributed by atoms with van der Waals surface area (Å²) in [7, 11) is 4.75. The summed E-state index contributed by atoms with van der Waals surface area (Å²) >= 11 is 0. The van der Waals surface area contributed by atoms with Crippen LogP contribution in [0.15, 0.2) is 115 Å². The number of nitrogens with one attached hydrogen (secondary N) is 2. The number of carbonyl (C=O) groups is 4. The number of hydrogen-bond acceptors (Lipinski definition) is 9. The van der Waals surface area contributed by atoms with Crippen molar-refractivity contribution in [3.63, 3.8) is 0 Å². The van der Waals surface area contributed by atoms with Crippen LogP contribution >= 0.6 is 0 Å². The summed E-state index contributed by atoms with van der Waals surface area (Å²) < 4.78 is 23.3. The zero-order valence-electron chi connectivity index (χ0n) is 37.6. The van der Waals surface area contributed by atoms with Crippen LogP contribution in [0.4, 0.5) is 17.1 Å². The first-order chi connectivity index (χ1) is 31.3. The summed E-state index contributed by atoms with van der Waals surface area (Å²) in [6.45, 7) is 6.87. The zero-order valence-corrected chi connectivity index (χ0v) is 37.6. The Morgan fingerprint density at radius 3 is 1.86 bits per heavy atom. The third-order valence-electron chi connectivity index (χ3n) is 13.6. The molecule has 0 unspecified atom stereocenters. The van der Waals surface area contributed by atoms with Crippen molar-refractivity contribution in [3.05, 3.63) is 143 Å². The van der Waals surface area contributed by atoms with Gasteiger partial charge in [0.1, 0.15) is 17.2 Å². The Labute approximate surface area is 379 Å². The highest BCUT2D eigenvalue weighted by molar-refractivity contribution is 6.09. The number of amides is 4. The van der Waals surface area contributed by atoms with Crippen molar-refractivity contribution in [2.24, 2.45) is 11.8 Å². The van der Waals surface area contributed by atoms with Crippen LogP contribution in [0.25, 0.3) is 0 Å². The monoisotopic (exact) mass is 880 g/mol. The van der Waals surface area contributed by atoms with Gasteiger partial charge in [0.2, 0.25) is 5.91 Å². The SMILES string of the molecule is COc1ccc(C(=O)Nc2ccc(CN3C(=O)[C@]4(O[C@H](CC(=O)N5CCC[C@H]5CO)[C@@H](C(C)(C)c5ccc(OC)cc5)[C@@H]4C)c4cc(NC(=O)c5ccc(OC)cc5)ccc43)cc2)cc1. The van der Waals surface area contributed by atoms with Crippen molar-refractivity contribution in [2.45, 2.75) is 69.7 Å². The highest BCUT2D eigenvalue weighted by Crippen LogP contribution is 2.60. The lowest BCUT2D eigenvalue weighted by molar-refractivity contribution is -0.150. The number of ether oxygens (including phenoxy) is 4. The molecule has 5 aromatic carbocycles. The van der Waals surface area contributed by atoms with Gasteiger partial charge >= 0.3 is 0 Å². The van der Waals surface area contributed by atoms with E-state index in [1.807, 2.05) is 55.5 Å². The average Bonchev–Trinajstić information content (AvgIpc) is 3.99. The summed E-state index contributed by atoms with van der Waals surface area (Å²) in [6, 6.07) is 34.0. The molecule has 4 amide bonds. The van der Waals surface area contributed by atoms with E-state index < -0.39 is 23.0 Å². The topological polar surface area (TPSA) is 156 Å². The fourth-order valence-corrected chi connectivity index (χ4v) is 10.2. The molecule has 3 heterocycles. The largest absolute Gasteiger partial charge is 0.497 e. The van der Waals surface area contributed by atoms with Crippen LogP contribution in [0.1, 0.15) is 77.4 Å². The second-order valence-corrected chi connectivity index (χ2v) is 17.6. The standard InChI is InChI=1S/C52H56N4O9/c1-32-47(51(2,3)36-15-24-42(64-6)25-16-36)45(29-46(58)55-27-7-8-39(55)31-57)65-52(32)43-28-38(54-49(60)35-13-22-41(63-5)23-14-35)19-26-44(43)56(50(52)61)30-33-9-17-37(18-10-33)53-48(59)34-11-20-40(62-4)21-12-34/h9-26,28,32,39,45,47,57H,7-8,27,29-31H2,1-6H3,(H,53,59)(H,54,60)/t32-,39-,45+,47-,52+/m0/s1. The Kier molecular flexibility index (Phi) is 12.7. The van der Waals surface area contributed by atoms with Crippen LogP contribution in [0.2, 0.25) is 0 Å². The molecule has 0 aliphatic carbocycles. The summed E-state index contributed by atoms with van der Waals surface area (Å²) in [5.74, 6) is 0.109. The van der Waals surface area contributed by atoms with E-state index in [1.54, 1.807) is 97.9 Å². The number of methoxy groups -OCH3 is 3. The van der Waals surface area contributed by atoms with Crippen molar-refractivity contribution in [1.82, 2.24) is 4.90 Å². The number of anilines is 3. The fraction of sp³-hybridized carbons (Fsp3) is 0.346. The molecule has 0 radical (unpaired) electrons. The molecular weight excluding hydrogens is 825 g/mol. The third kappa shape index (κ3) is 8.53. The van der Waals surface area contributed by atoms with Gasteiger partial charge in [0.25, 0.3) is 17.7 Å². The molecule has 3 N–H and O–H groups in total. The van der Waals surface area contributed by atoms with Gasteiger partial charge in [-0.1, -0.05) is 45.0 Å². The quantitative estimate of drug-likeness (QED) is 0.101. The van der Waals surface area contributed by atoms with Gasteiger partial charge in [0.05, 0.1) is 58.7 Å². The lowest BCUT2D eigenvalue weighted by Gasteiger charge is -2.39. The lowest BCUT2D eigenvalue weighted by atomic mass is 9.63. The van der Waals surface area contributed by atoms with E-state index in [9.17, 15) is 19.5 Å². The van der Waals surface area contributed by atoms with Crippen LogP contribution in [-0.2, 0) is 31.9 Å². The molecule has 5 atom stereocenters. The number of aliphatic hydroxyl groups is 1. The fourth-order valence-electron chi connectivity index (χ4n) is 10.2. The van der Waals surface area contributed by atoms with Crippen LogP contribution in [0.5, 0.6) is 17.2 Å². The number of aliphatic hydroxyl groups excluding tert-OH is 1. The third-order valence-corrected chi connectivity index (χ3v) is 13.6. The molecule has 1 spiro atoms. The highest BCUT2D eigenvalue weighted by atomic mass is 16.5. The van der Waals surface area contributed by atoms with Gasteiger partial charge in [-0.05, 0) is 120 Å².